The summed E-state index contributed by atoms with van der Waals surface area (Å²) in [5, 5.41) is 11.3. The Kier molecular flexibility index (Phi) is 8.60. The van der Waals surface area contributed by atoms with Gasteiger partial charge in [0.05, 0.1) is 32.9 Å². The van der Waals surface area contributed by atoms with Crippen molar-refractivity contribution in [2.24, 2.45) is 0 Å². The third-order valence-corrected chi connectivity index (χ3v) is 5.83. The third kappa shape index (κ3) is 5.31. The van der Waals surface area contributed by atoms with Gasteiger partial charge in [0.15, 0.2) is 11.5 Å². The number of methoxy groups -OCH3 is 3. The summed E-state index contributed by atoms with van der Waals surface area (Å²) in [4.78, 5) is 29.8. The van der Waals surface area contributed by atoms with Gasteiger partial charge in [0, 0.05) is 18.7 Å². The predicted octanol–water partition coefficient (Wildman–Crippen LogP) is 3.26. The van der Waals surface area contributed by atoms with Crippen LogP contribution in [0.25, 0.3) is 5.76 Å². The molecular formula is C27H32N2O7. The number of hydrogen-bond acceptors (Lipinski definition) is 8. The van der Waals surface area contributed by atoms with Crippen LogP contribution in [0, 0.1) is 0 Å². The largest absolute Gasteiger partial charge is 0.507 e. The monoisotopic (exact) mass is 496 g/mol. The van der Waals surface area contributed by atoms with E-state index >= 15 is 0 Å². The van der Waals surface area contributed by atoms with E-state index in [1.165, 1.54) is 26.2 Å². The van der Waals surface area contributed by atoms with Gasteiger partial charge < -0.3 is 33.9 Å². The number of likely N-dealkylation sites (tertiary alicyclic amines) is 1. The van der Waals surface area contributed by atoms with Gasteiger partial charge in [0.1, 0.15) is 18.1 Å². The molecule has 192 valence electrons. The van der Waals surface area contributed by atoms with Crippen molar-refractivity contribution in [2.75, 3.05) is 55.1 Å². The molecule has 0 aromatic heterocycles. The van der Waals surface area contributed by atoms with Gasteiger partial charge in [-0.05, 0) is 56.1 Å². The molecule has 1 aliphatic heterocycles. The number of amides is 1. The first kappa shape index (κ1) is 26.6. The first-order valence-corrected chi connectivity index (χ1v) is 11.3. The van der Waals surface area contributed by atoms with Crippen LogP contribution in [0.3, 0.4) is 0 Å². The van der Waals surface area contributed by atoms with Crippen LogP contribution in [0.2, 0.25) is 0 Å². The first-order chi connectivity index (χ1) is 17.3. The molecule has 1 unspecified atom stereocenters. The highest BCUT2D eigenvalue weighted by Gasteiger charge is 2.46. The zero-order chi connectivity index (χ0) is 26.4. The van der Waals surface area contributed by atoms with Gasteiger partial charge in [-0.25, -0.2) is 0 Å². The van der Waals surface area contributed by atoms with Gasteiger partial charge in [-0.1, -0.05) is 12.7 Å². The Balaban J connectivity index is 2.18. The second-order valence-corrected chi connectivity index (χ2v) is 8.38. The van der Waals surface area contributed by atoms with Gasteiger partial charge in [0.25, 0.3) is 11.7 Å². The second-order valence-electron chi connectivity index (χ2n) is 8.38. The van der Waals surface area contributed by atoms with Crippen molar-refractivity contribution in [3.8, 4) is 23.0 Å². The number of rotatable bonds is 11. The molecular weight excluding hydrogens is 464 g/mol. The number of nitrogens with zero attached hydrogens (tertiary/aromatic N) is 2. The van der Waals surface area contributed by atoms with Gasteiger partial charge in [-0.15, -0.1) is 0 Å². The molecule has 9 nitrogen and oxygen atoms in total. The standard InChI is InChI=1S/C27H32N2O7/c1-7-14-36-19-10-8-17(9-11-19)24(30)22-23(29(13-12-28(2)3)27(32)25(22)31)18-15-20(33-4)26(35-6)21(16-18)34-5/h7-11,15-16,23,30H,1,12-14H2,2-6H3/b24-22-. The van der Waals surface area contributed by atoms with E-state index in [1.807, 2.05) is 19.0 Å². The molecule has 1 N–H and O–H groups in total. The zero-order valence-electron chi connectivity index (χ0n) is 21.2. The van der Waals surface area contributed by atoms with Crippen molar-refractivity contribution >= 4 is 17.4 Å². The van der Waals surface area contributed by atoms with Gasteiger partial charge in [0.2, 0.25) is 5.75 Å². The van der Waals surface area contributed by atoms with Gasteiger partial charge in [-0.3, -0.25) is 9.59 Å². The van der Waals surface area contributed by atoms with Crippen molar-refractivity contribution in [1.29, 1.82) is 0 Å². The third-order valence-electron chi connectivity index (χ3n) is 5.83. The number of ether oxygens (including phenoxy) is 4. The van der Waals surface area contributed by atoms with Crippen LogP contribution in [0.1, 0.15) is 17.2 Å². The van der Waals surface area contributed by atoms with E-state index in [2.05, 4.69) is 6.58 Å². The number of benzene rings is 2. The fourth-order valence-corrected chi connectivity index (χ4v) is 4.04. The number of likely N-dealkylation sites (N-methyl/N-ethyl adjacent to an activating group) is 1. The summed E-state index contributed by atoms with van der Waals surface area (Å²) < 4.78 is 21.9. The predicted molar refractivity (Wildman–Crippen MR) is 136 cm³/mol. The van der Waals surface area contributed by atoms with Crippen molar-refractivity contribution in [3.05, 3.63) is 65.8 Å². The lowest BCUT2D eigenvalue weighted by Crippen LogP contribution is -2.35. The molecule has 0 saturated carbocycles. The molecule has 36 heavy (non-hydrogen) atoms. The number of hydrogen-bond donors (Lipinski definition) is 1. The lowest BCUT2D eigenvalue weighted by molar-refractivity contribution is -0.140. The molecule has 1 atom stereocenters. The molecule has 2 aromatic carbocycles. The Morgan fingerprint density at radius 3 is 2.17 bits per heavy atom. The number of aliphatic hydroxyl groups is 1. The lowest BCUT2D eigenvalue weighted by Gasteiger charge is -2.27. The van der Waals surface area contributed by atoms with E-state index < -0.39 is 17.7 Å². The average Bonchev–Trinajstić information content (AvgIpc) is 3.14. The molecule has 3 rings (SSSR count). The number of ketones is 1. The number of carbonyl (C=O) groups excluding carboxylic acids is 2. The quantitative estimate of drug-likeness (QED) is 0.219. The molecule has 0 bridgehead atoms. The maximum Gasteiger partial charge on any atom is 0.295 e. The van der Waals surface area contributed by atoms with Gasteiger partial charge in [-0.2, -0.15) is 0 Å². The fraction of sp³-hybridized carbons (Fsp3) is 0.333. The number of aliphatic hydroxyl groups excluding tert-OH is 1. The van der Waals surface area contributed by atoms with Crippen LogP contribution >= 0.6 is 0 Å². The smallest absolute Gasteiger partial charge is 0.295 e. The summed E-state index contributed by atoms with van der Waals surface area (Å²) in [6, 6.07) is 9.11. The van der Waals surface area contributed by atoms with Crippen LogP contribution in [0.4, 0.5) is 0 Å². The molecule has 1 fully saturated rings. The molecule has 1 saturated heterocycles. The Labute approximate surface area is 211 Å². The Hall–Kier alpha value is -3.98. The molecule has 1 amide bonds. The Morgan fingerprint density at radius 2 is 1.67 bits per heavy atom. The van der Waals surface area contributed by atoms with Crippen LogP contribution in [-0.4, -0.2) is 81.7 Å². The molecule has 2 aromatic rings. The molecule has 0 aliphatic carbocycles. The topological polar surface area (TPSA) is 97.8 Å². The van der Waals surface area contributed by atoms with Crippen LogP contribution in [0.5, 0.6) is 23.0 Å². The molecule has 0 radical (unpaired) electrons. The van der Waals surface area contributed by atoms with E-state index in [1.54, 1.807) is 42.5 Å². The minimum Gasteiger partial charge on any atom is -0.507 e. The zero-order valence-corrected chi connectivity index (χ0v) is 21.2. The maximum absolute atomic E-state index is 13.3. The minimum atomic E-state index is -0.865. The fourth-order valence-electron chi connectivity index (χ4n) is 4.04. The van der Waals surface area contributed by atoms with E-state index in [-0.39, 0.29) is 17.9 Å². The van der Waals surface area contributed by atoms with Crippen molar-refractivity contribution < 1.29 is 33.6 Å². The highest BCUT2D eigenvalue weighted by Crippen LogP contribution is 2.45. The van der Waals surface area contributed by atoms with Crippen LogP contribution in [0.15, 0.2) is 54.6 Å². The molecule has 1 heterocycles. The Morgan fingerprint density at radius 1 is 1.06 bits per heavy atom. The molecule has 1 aliphatic rings. The summed E-state index contributed by atoms with van der Waals surface area (Å²) >= 11 is 0. The normalized spacial score (nSPS) is 16.8. The second kappa shape index (κ2) is 11.6. The number of Topliss-reactive ketones (excluding diaryl/α,β-unsaturated/α-hetero) is 1. The van der Waals surface area contributed by atoms with E-state index in [4.69, 9.17) is 18.9 Å². The van der Waals surface area contributed by atoms with Crippen LogP contribution in [-0.2, 0) is 9.59 Å². The van der Waals surface area contributed by atoms with Gasteiger partial charge >= 0.3 is 0 Å². The lowest BCUT2D eigenvalue weighted by atomic mass is 9.94. The average molecular weight is 497 g/mol. The van der Waals surface area contributed by atoms with E-state index in [9.17, 15) is 14.7 Å². The summed E-state index contributed by atoms with van der Waals surface area (Å²) in [6.45, 7) is 4.74. The summed E-state index contributed by atoms with van der Waals surface area (Å²) in [5.41, 5.74) is 0.895. The first-order valence-electron chi connectivity index (χ1n) is 11.3. The summed E-state index contributed by atoms with van der Waals surface area (Å²) in [5.74, 6) is -0.0412. The Bertz CT molecular complexity index is 1130. The van der Waals surface area contributed by atoms with Crippen molar-refractivity contribution in [1.82, 2.24) is 9.80 Å². The number of carbonyl (C=O) groups is 2. The van der Waals surface area contributed by atoms with Crippen molar-refractivity contribution in [2.45, 2.75) is 6.04 Å². The highest BCUT2D eigenvalue weighted by atomic mass is 16.5. The van der Waals surface area contributed by atoms with E-state index in [0.717, 1.165) is 0 Å². The maximum atomic E-state index is 13.3. The highest BCUT2D eigenvalue weighted by molar-refractivity contribution is 6.46. The molecule has 0 spiro atoms. The SMILES string of the molecule is C=CCOc1ccc(/C(O)=C2/C(=O)C(=O)N(CCN(C)C)C2c2cc(OC)c(OC)c(OC)c2)cc1. The summed E-state index contributed by atoms with van der Waals surface area (Å²) in [6.07, 6.45) is 1.63. The minimum absolute atomic E-state index is 0.0206. The van der Waals surface area contributed by atoms with Crippen LogP contribution < -0.4 is 18.9 Å². The molecule has 9 heteroatoms. The van der Waals surface area contributed by atoms with E-state index in [0.29, 0.717) is 47.3 Å². The van der Waals surface area contributed by atoms with Crippen molar-refractivity contribution in [3.63, 3.8) is 0 Å². The summed E-state index contributed by atoms with van der Waals surface area (Å²) in [7, 11) is 8.22.